The summed E-state index contributed by atoms with van der Waals surface area (Å²) in [5.74, 6) is -0.524. The van der Waals surface area contributed by atoms with Crippen LogP contribution in [0.15, 0.2) is 41.2 Å². The molecule has 1 saturated carbocycles. The summed E-state index contributed by atoms with van der Waals surface area (Å²) in [6, 6.07) is 11.3. The summed E-state index contributed by atoms with van der Waals surface area (Å²) in [7, 11) is 0. The van der Waals surface area contributed by atoms with E-state index >= 15 is 0 Å². The molecule has 2 aromatic rings. The fraction of sp³-hybridized carbons (Fsp3) is 0.409. The van der Waals surface area contributed by atoms with Crippen molar-refractivity contribution in [2.45, 2.75) is 45.2 Å². The minimum atomic E-state index is -0.407. The number of carbonyl (C=O) groups is 2. The predicted molar refractivity (Wildman–Crippen MR) is 106 cm³/mol. The Balaban J connectivity index is 1.45. The minimum Gasteiger partial charge on any atom is -0.348 e. The van der Waals surface area contributed by atoms with Crippen molar-refractivity contribution in [3.63, 3.8) is 0 Å². The lowest BCUT2D eigenvalue weighted by molar-refractivity contribution is -0.136. The molecule has 0 bridgehead atoms. The van der Waals surface area contributed by atoms with E-state index in [2.05, 4.69) is 22.4 Å². The Kier molecular flexibility index (Phi) is 5.03. The Morgan fingerprint density at radius 2 is 1.89 bits per heavy atom. The number of aryl methyl sites for hydroxylation is 1. The van der Waals surface area contributed by atoms with Crippen LogP contribution in [-0.2, 0) is 17.8 Å². The molecule has 1 aromatic carbocycles. The Hall–Kier alpha value is -2.89. The van der Waals surface area contributed by atoms with Gasteiger partial charge in [-0.3, -0.25) is 14.4 Å². The number of aromatic nitrogens is 1. The number of nitrogens with zero attached hydrogens (tertiary/aromatic N) is 1. The average molecular weight is 379 g/mol. The van der Waals surface area contributed by atoms with Crippen LogP contribution in [0.3, 0.4) is 0 Å². The summed E-state index contributed by atoms with van der Waals surface area (Å²) in [6.45, 7) is 3.11. The summed E-state index contributed by atoms with van der Waals surface area (Å²) in [5.41, 5.74) is 2.91. The molecule has 2 atom stereocenters. The van der Waals surface area contributed by atoms with E-state index < -0.39 is 11.5 Å². The van der Waals surface area contributed by atoms with Gasteiger partial charge in [-0.1, -0.05) is 30.7 Å². The Morgan fingerprint density at radius 1 is 1.11 bits per heavy atom. The van der Waals surface area contributed by atoms with Gasteiger partial charge in [0, 0.05) is 24.8 Å². The van der Waals surface area contributed by atoms with Gasteiger partial charge in [-0.05, 0) is 49.4 Å². The van der Waals surface area contributed by atoms with E-state index in [-0.39, 0.29) is 23.4 Å². The summed E-state index contributed by atoms with van der Waals surface area (Å²) in [5, 5.41) is 2.94. The van der Waals surface area contributed by atoms with E-state index in [1.54, 1.807) is 13.0 Å². The molecule has 0 spiro atoms. The van der Waals surface area contributed by atoms with Crippen molar-refractivity contribution < 1.29 is 9.59 Å². The summed E-state index contributed by atoms with van der Waals surface area (Å²) >= 11 is 0. The number of hydrogen-bond acceptors (Lipinski definition) is 3. The second-order valence-electron chi connectivity index (χ2n) is 7.78. The first kappa shape index (κ1) is 18.5. The molecule has 1 aliphatic heterocycles. The molecule has 1 aromatic heterocycles. The quantitative estimate of drug-likeness (QED) is 0.857. The molecule has 2 heterocycles. The Morgan fingerprint density at radius 3 is 2.68 bits per heavy atom. The van der Waals surface area contributed by atoms with E-state index in [0.717, 1.165) is 25.7 Å². The first-order valence-electron chi connectivity index (χ1n) is 9.89. The molecule has 2 N–H and O–H groups in total. The largest absolute Gasteiger partial charge is 0.348 e. The molecule has 1 fully saturated rings. The SMILES string of the molecule is Cc1ccc(C(=O)N[C@@H]2CCC[C@@H]2C(=O)N2CCc3ccccc3C2)c(=O)[nH]1. The van der Waals surface area contributed by atoms with Crippen molar-refractivity contribution in [2.24, 2.45) is 5.92 Å². The number of H-pyrrole nitrogens is 1. The first-order chi connectivity index (χ1) is 13.5. The van der Waals surface area contributed by atoms with E-state index in [1.165, 1.54) is 17.2 Å². The third-order valence-corrected chi connectivity index (χ3v) is 5.89. The maximum atomic E-state index is 13.2. The number of pyridine rings is 1. The van der Waals surface area contributed by atoms with Gasteiger partial charge in [-0.15, -0.1) is 0 Å². The lowest BCUT2D eigenvalue weighted by Crippen LogP contribution is -2.47. The monoisotopic (exact) mass is 379 g/mol. The van der Waals surface area contributed by atoms with Gasteiger partial charge in [0.15, 0.2) is 0 Å². The van der Waals surface area contributed by atoms with Crippen molar-refractivity contribution in [3.8, 4) is 0 Å². The average Bonchev–Trinajstić information content (AvgIpc) is 3.15. The molecule has 0 radical (unpaired) electrons. The van der Waals surface area contributed by atoms with Gasteiger partial charge in [0.2, 0.25) is 5.91 Å². The third-order valence-electron chi connectivity index (χ3n) is 5.89. The zero-order valence-corrected chi connectivity index (χ0v) is 16.0. The number of carbonyl (C=O) groups excluding carboxylic acids is 2. The Bertz CT molecular complexity index is 965. The van der Waals surface area contributed by atoms with Crippen molar-refractivity contribution in [3.05, 3.63) is 69.1 Å². The molecule has 2 amide bonds. The van der Waals surface area contributed by atoms with Gasteiger partial charge in [-0.25, -0.2) is 0 Å². The van der Waals surface area contributed by atoms with Gasteiger partial charge in [0.1, 0.15) is 5.56 Å². The van der Waals surface area contributed by atoms with E-state index in [9.17, 15) is 14.4 Å². The summed E-state index contributed by atoms with van der Waals surface area (Å²) < 4.78 is 0. The van der Waals surface area contributed by atoms with E-state index in [1.807, 2.05) is 17.0 Å². The van der Waals surface area contributed by atoms with Crippen LogP contribution in [0.1, 0.15) is 46.4 Å². The smallest absolute Gasteiger partial charge is 0.260 e. The number of benzene rings is 1. The lowest BCUT2D eigenvalue weighted by atomic mass is 9.96. The van der Waals surface area contributed by atoms with Crippen LogP contribution in [-0.4, -0.2) is 34.3 Å². The molecule has 2 aliphatic rings. The van der Waals surface area contributed by atoms with Crippen LogP contribution in [0, 0.1) is 12.8 Å². The maximum Gasteiger partial charge on any atom is 0.260 e. The Labute approximate surface area is 164 Å². The molecule has 0 unspecified atom stereocenters. The van der Waals surface area contributed by atoms with E-state index in [0.29, 0.717) is 18.8 Å². The van der Waals surface area contributed by atoms with Crippen molar-refractivity contribution in [2.75, 3.05) is 6.54 Å². The molecule has 0 saturated heterocycles. The normalized spacial score (nSPS) is 21.2. The highest BCUT2D eigenvalue weighted by Gasteiger charge is 2.37. The van der Waals surface area contributed by atoms with Crippen LogP contribution < -0.4 is 10.9 Å². The second-order valence-corrected chi connectivity index (χ2v) is 7.78. The summed E-state index contributed by atoms with van der Waals surface area (Å²) in [4.78, 5) is 42.3. The lowest BCUT2D eigenvalue weighted by Gasteiger charge is -2.32. The highest BCUT2D eigenvalue weighted by Crippen LogP contribution is 2.30. The highest BCUT2D eigenvalue weighted by atomic mass is 16.2. The van der Waals surface area contributed by atoms with Crippen molar-refractivity contribution >= 4 is 11.8 Å². The number of fused-ring (bicyclic) bond motifs is 1. The van der Waals surface area contributed by atoms with Gasteiger partial charge in [-0.2, -0.15) is 0 Å². The molecular weight excluding hydrogens is 354 g/mol. The van der Waals surface area contributed by atoms with Crippen molar-refractivity contribution in [1.29, 1.82) is 0 Å². The molecule has 28 heavy (non-hydrogen) atoms. The topological polar surface area (TPSA) is 82.3 Å². The second kappa shape index (κ2) is 7.62. The standard InChI is InChI=1S/C22H25N3O3/c1-14-9-10-18(20(26)23-14)21(27)24-19-8-4-7-17(19)22(28)25-12-11-15-5-2-3-6-16(15)13-25/h2-3,5-6,9-10,17,19H,4,7-8,11-13H2,1H3,(H,23,26)(H,24,27)/t17-,19+/m0/s1. The van der Waals surface area contributed by atoms with Crippen LogP contribution in [0.2, 0.25) is 0 Å². The molecule has 1 aliphatic carbocycles. The zero-order chi connectivity index (χ0) is 19.7. The molecule has 146 valence electrons. The molecule has 4 rings (SSSR count). The fourth-order valence-corrected chi connectivity index (χ4v) is 4.34. The molecule has 6 heteroatoms. The van der Waals surface area contributed by atoms with Gasteiger partial charge < -0.3 is 15.2 Å². The summed E-state index contributed by atoms with van der Waals surface area (Å²) in [6.07, 6.45) is 3.29. The molecule has 6 nitrogen and oxygen atoms in total. The number of nitrogens with one attached hydrogen (secondary N) is 2. The van der Waals surface area contributed by atoms with E-state index in [4.69, 9.17) is 0 Å². The number of rotatable bonds is 3. The van der Waals surface area contributed by atoms with Crippen molar-refractivity contribution in [1.82, 2.24) is 15.2 Å². The van der Waals surface area contributed by atoms with Crippen LogP contribution >= 0.6 is 0 Å². The minimum absolute atomic E-state index is 0.0931. The van der Waals surface area contributed by atoms with Crippen LogP contribution in [0.5, 0.6) is 0 Å². The fourth-order valence-electron chi connectivity index (χ4n) is 4.34. The van der Waals surface area contributed by atoms with Gasteiger partial charge in [0.05, 0.1) is 5.92 Å². The van der Waals surface area contributed by atoms with Gasteiger partial charge in [0.25, 0.3) is 11.5 Å². The van der Waals surface area contributed by atoms with Gasteiger partial charge >= 0.3 is 0 Å². The first-order valence-corrected chi connectivity index (χ1v) is 9.89. The molecular formula is C22H25N3O3. The predicted octanol–water partition coefficient (Wildman–Crippen LogP) is 2.17. The highest BCUT2D eigenvalue weighted by molar-refractivity contribution is 5.94. The maximum absolute atomic E-state index is 13.2. The van der Waals surface area contributed by atoms with Crippen LogP contribution in [0.25, 0.3) is 0 Å². The zero-order valence-electron chi connectivity index (χ0n) is 16.0. The van der Waals surface area contributed by atoms with Crippen LogP contribution in [0.4, 0.5) is 0 Å². The number of amides is 2. The number of hydrogen-bond donors (Lipinski definition) is 2. The number of aromatic amines is 1. The third kappa shape index (κ3) is 3.59.